The van der Waals surface area contributed by atoms with Crippen LogP contribution in [0.4, 0.5) is 0 Å². The van der Waals surface area contributed by atoms with Crippen LogP contribution in [0.15, 0.2) is 133 Å². The molecule has 0 bridgehead atoms. The molecule has 0 aromatic heterocycles. The lowest BCUT2D eigenvalue weighted by molar-refractivity contribution is 0.821. The Bertz CT molecular complexity index is 1300. The molecule has 1 heteroatoms. The van der Waals surface area contributed by atoms with Crippen molar-refractivity contribution < 1.29 is 0 Å². The standard InChI is InChI=1S/C19H25N.C12H16.C9H16.C2H4/c1-13(2)15(4)10-17(6)18(7)20-12-19-9-8-14(3)16(5)11-19;1-9(2)11-5-7-12(8-6-11)10(3)4;1-7(2)6-9(5)8(3)4;1-2/h8-11,20H,1,4,7,12H2,2-3,5-6H3;5-8,10H,1H2,2-4H3;6H,1-5H3;1-2H2/b17-10+;;;. The van der Waals surface area contributed by atoms with Crippen LogP contribution >= 0.6 is 0 Å². The summed E-state index contributed by atoms with van der Waals surface area (Å²) in [6, 6.07) is 15.1. The van der Waals surface area contributed by atoms with Crippen LogP contribution in [0.2, 0.25) is 0 Å². The van der Waals surface area contributed by atoms with Gasteiger partial charge in [0.1, 0.15) is 0 Å². The third-order valence-electron chi connectivity index (χ3n) is 6.86. The Labute approximate surface area is 266 Å². The zero-order valence-electron chi connectivity index (χ0n) is 29.7. The van der Waals surface area contributed by atoms with Crippen molar-refractivity contribution in [3.05, 3.63) is 161 Å². The number of benzene rings is 2. The number of aryl methyl sites for hydroxylation is 2. The van der Waals surface area contributed by atoms with Gasteiger partial charge in [-0.3, -0.25) is 0 Å². The normalized spacial score (nSPS) is 9.93. The van der Waals surface area contributed by atoms with Gasteiger partial charge in [0.2, 0.25) is 0 Å². The van der Waals surface area contributed by atoms with E-state index in [1.807, 2.05) is 26.8 Å². The van der Waals surface area contributed by atoms with Gasteiger partial charge in [0, 0.05) is 12.2 Å². The topological polar surface area (TPSA) is 12.0 Å². The highest BCUT2D eigenvalue weighted by Gasteiger charge is 2.01. The highest BCUT2D eigenvalue weighted by atomic mass is 14.9. The summed E-state index contributed by atoms with van der Waals surface area (Å²) in [4.78, 5) is 0. The van der Waals surface area contributed by atoms with Gasteiger partial charge in [-0.15, -0.1) is 13.2 Å². The maximum atomic E-state index is 4.07. The van der Waals surface area contributed by atoms with Gasteiger partial charge in [-0.25, -0.2) is 0 Å². The summed E-state index contributed by atoms with van der Waals surface area (Å²) in [7, 11) is 0. The van der Waals surface area contributed by atoms with Gasteiger partial charge in [0.05, 0.1) is 0 Å². The average Bonchev–Trinajstić information content (AvgIpc) is 2.94. The first kappa shape index (κ1) is 41.3. The fourth-order valence-corrected chi connectivity index (χ4v) is 3.46. The summed E-state index contributed by atoms with van der Waals surface area (Å²) in [5.41, 5.74) is 15.7. The highest BCUT2D eigenvalue weighted by molar-refractivity contribution is 5.61. The number of hydrogen-bond donors (Lipinski definition) is 1. The molecule has 0 fully saturated rings. The summed E-state index contributed by atoms with van der Waals surface area (Å²) in [5, 5.41) is 3.36. The lowest BCUT2D eigenvalue weighted by atomic mass is 10.00. The van der Waals surface area contributed by atoms with Crippen molar-refractivity contribution in [1.29, 1.82) is 0 Å². The van der Waals surface area contributed by atoms with Crippen LogP contribution in [-0.2, 0) is 6.54 Å². The van der Waals surface area contributed by atoms with Crippen molar-refractivity contribution in [3.63, 3.8) is 0 Å². The zero-order valence-corrected chi connectivity index (χ0v) is 29.7. The third kappa shape index (κ3) is 18.3. The van der Waals surface area contributed by atoms with Crippen LogP contribution < -0.4 is 5.32 Å². The lowest BCUT2D eigenvalue weighted by Gasteiger charge is -2.12. The predicted molar refractivity (Wildman–Crippen MR) is 200 cm³/mol. The first-order valence-electron chi connectivity index (χ1n) is 15.0. The predicted octanol–water partition coefficient (Wildman–Crippen LogP) is 12.9. The van der Waals surface area contributed by atoms with Gasteiger partial charge in [0.25, 0.3) is 0 Å². The van der Waals surface area contributed by atoms with Crippen molar-refractivity contribution in [1.82, 2.24) is 5.32 Å². The van der Waals surface area contributed by atoms with E-state index in [0.717, 1.165) is 34.5 Å². The molecule has 43 heavy (non-hydrogen) atoms. The summed E-state index contributed by atoms with van der Waals surface area (Å²) in [6.45, 7) is 47.9. The minimum atomic E-state index is 0.615. The second kappa shape index (κ2) is 21.8. The van der Waals surface area contributed by atoms with Gasteiger partial charge >= 0.3 is 0 Å². The highest BCUT2D eigenvalue weighted by Crippen LogP contribution is 2.18. The van der Waals surface area contributed by atoms with Crippen molar-refractivity contribution in [2.45, 2.75) is 95.5 Å². The fraction of sp³-hybridized carbons (Fsp3) is 0.333. The molecule has 1 nitrogen and oxygen atoms in total. The van der Waals surface area contributed by atoms with Crippen molar-refractivity contribution in [3.8, 4) is 0 Å². The summed E-state index contributed by atoms with van der Waals surface area (Å²) >= 11 is 0. The molecule has 1 N–H and O–H groups in total. The van der Waals surface area contributed by atoms with Gasteiger partial charge < -0.3 is 5.32 Å². The van der Waals surface area contributed by atoms with Crippen molar-refractivity contribution in [2.24, 2.45) is 0 Å². The van der Waals surface area contributed by atoms with E-state index in [0.29, 0.717) is 5.92 Å². The summed E-state index contributed by atoms with van der Waals surface area (Å²) < 4.78 is 0. The van der Waals surface area contributed by atoms with Crippen molar-refractivity contribution in [2.75, 3.05) is 0 Å². The Hall–Kier alpha value is -3.84. The minimum Gasteiger partial charge on any atom is -0.381 e. The maximum absolute atomic E-state index is 4.07. The minimum absolute atomic E-state index is 0.615. The van der Waals surface area contributed by atoms with Crippen LogP contribution in [0, 0.1) is 13.8 Å². The van der Waals surface area contributed by atoms with E-state index in [9.17, 15) is 0 Å². The van der Waals surface area contributed by atoms with Crippen LogP contribution in [0.1, 0.15) is 103 Å². The van der Waals surface area contributed by atoms with E-state index < -0.39 is 0 Å². The maximum Gasteiger partial charge on any atom is 0.0400 e. The molecule has 0 spiro atoms. The molecule has 0 aliphatic heterocycles. The fourth-order valence-electron chi connectivity index (χ4n) is 3.46. The van der Waals surface area contributed by atoms with E-state index in [4.69, 9.17) is 0 Å². The largest absolute Gasteiger partial charge is 0.381 e. The van der Waals surface area contributed by atoms with Crippen LogP contribution in [0.25, 0.3) is 5.57 Å². The molecule has 0 unspecified atom stereocenters. The lowest BCUT2D eigenvalue weighted by Crippen LogP contribution is -2.13. The molecule has 0 radical (unpaired) electrons. The van der Waals surface area contributed by atoms with E-state index >= 15 is 0 Å². The van der Waals surface area contributed by atoms with Crippen LogP contribution in [0.3, 0.4) is 0 Å². The monoisotopic (exact) mass is 579 g/mol. The molecule has 0 heterocycles. The smallest absolute Gasteiger partial charge is 0.0400 e. The SMILES string of the molecule is C=C.C=C(C)C(=C)/C=C(\C)C(=C)NCc1ccc(C)c(C)c1.C=C(C)c1ccc(C(C)C)cc1.CC(C)=CC(C)=C(C)C. The van der Waals surface area contributed by atoms with Gasteiger partial charge in [-0.1, -0.05) is 123 Å². The first-order chi connectivity index (χ1) is 20.0. The van der Waals surface area contributed by atoms with Crippen LogP contribution in [0.5, 0.6) is 0 Å². The number of nitrogens with one attached hydrogen (secondary N) is 1. The van der Waals surface area contributed by atoms with Gasteiger partial charge in [-0.05, 0) is 114 Å². The summed E-state index contributed by atoms with van der Waals surface area (Å²) in [6.07, 6.45) is 4.22. The molecule has 2 aromatic rings. The molecule has 0 aliphatic rings. The van der Waals surface area contributed by atoms with E-state index in [1.54, 1.807) is 0 Å². The number of hydrogen-bond acceptors (Lipinski definition) is 1. The Balaban J connectivity index is 0. The summed E-state index contributed by atoms with van der Waals surface area (Å²) in [5.74, 6) is 0.615. The number of rotatable bonds is 9. The van der Waals surface area contributed by atoms with E-state index in [2.05, 4.69) is 156 Å². The Morgan fingerprint density at radius 2 is 1.28 bits per heavy atom. The average molecular weight is 580 g/mol. The molecular formula is C42H61N. The molecule has 0 saturated heterocycles. The van der Waals surface area contributed by atoms with Crippen molar-refractivity contribution >= 4 is 5.57 Å². The van der Waals surface area contributed by atoms with Crippen LogP contribution in [-0.4, -0.2) is 0 Å². The Morgan fingerprint density at radius 3 is 1.65 bits per heavy atom. The third-order valence-corrected chi connectivity index (χ3v) is 6.86. The molecule has 2 aromatic carbocycles. The Kier molecular flexibility index (Phi) is 20.9. The second-order valence-corrected chi connectivity index (χ2v) is 11.8. The number of allylic oxidation sites excluding steroid dienone is 9. The van der Waals surface area contributed by atoms with Gasteiger partial charge in [-0.2, -0.15) is 0 Å². The molecule has 0 atom stereocenters. The first-order valence-corrected chi connectivity index (χ1v) is 15.0. The van der Waals surface area contributed by atoms with E-state index in [-0.39, 0.29) is 0 Å². The molecule has 0 amide bonds. The second-order valence-electron chi connectivity index (χ2n) is 11.8. The zero-order chi connectivity index (χ0) is 33.9. The molecule has 0 saturated carbocycles. The molecule has 0 aliphatic carbocycles. The quantitative estimate of drug-likeness (QED) is 0.230. The molecule has 234 valence electrons. The molecule has 2 rings (SSSR count). The Morgan fingerprint density at radius 1 is 0.744 bits per heavy atom. The van der Waals surface area contributed by atoms with E-state index in [1.165, 1.54) is 44.5 Å². The van der Waals surface area contributed by atoms with Gasteiger partial charge in [0.15, 0.2) is 0 Å². The molecular weight excluding hydrogens is 518 g/mol.